The molecule has 2 saturated carbocycles. The molecule has 0 bridgehead atoms. The first-order valence-corrected chi connectivity index (χ1v) is 7.48. The lowest BCUT2D eigenvalue weighted by Crippen LogP contribution is -2.54. The Morgan fingerprint density at radius 3 is 2.42 bits per heavy atom. The highest BCUT2D eigenvalue weighted by Gasteiger charge is 2.47. The van der Waals surface area contributed by atoms with Crippen LogP contribution in [0.2, 0.25) is 0 Å². The number of aliphatic carboxylic acids is 1. The Kier molecular flexibility index (Phi) is 3.37. The van der Waals surface area contributed by atoms with Gasteiger partial charge in [-0.15, -0.1) is 0 Å². The summed E-state index contributed by atoms with van der Waals surface area (Å²) < 4.78 is 0. The molecule has 0 aromatic rings. The normalized spacial score (nSPS) is 34.5. The average Bonchev–Trinajstić information content (AvgIpc) is 2.73. The van der Waals surface area contributed by atoms with Gasteiger partial charge in [-0.2, -0.15) is 0 Å². The fourth-order valence-electron chi connectivity index (χ4n) is 3.77. The molecule has 1 saturated heterocycles. The third-order valence-corrected chi connectivity index (χ3v) is 5.04. The highest BCUT2D eigenvalue weighted by molar-refractivity contribution is 5.84. The molecule has 0 aromatic carbocycles. The van der Waals surface area contributed by atoms with Gasteiger partial charge in [-0.25, -0.2) is 9.59 Å². The lowest BCUT2D eigenvalue weighted by Gasteiger charge is -2.35. The van der Waals surface area contributed by atoms with Crippen LogP contribution in [0, 0.1) is 5.92 Å². The van der Waals surface area contributed by atoms with Crippen LogP contribution in [0.15, 0.2) is 0 Å². The zero-order valence-corrected chi connectivity index (χ0v) is 11.2. The first-order valence-electron chi connectivity index (χ1n) is 7.48. The number of likely N-dealkylation sites (tertiary alicyclic amines) is 1. The average molecular weight is 266 g/mol. The summed E-state index contributed by atoms with van der Waals surface area (Å²) in [6, 6.07) is -0.348. The number of nitrogens with one attached hydrogen (secondary N) is 1. The van der Waals surface area contributed by atoms with Gasteiger partial charge in [0, 0.05) is 12.1 Å². The molecule has 3 unspecified atom stereocenters. The van der Waals surface area contributed by atoms with Crippen LogP contribution in [0.3, 0.4) is 0 Å². The zero-order valence-electron chi connectivity index (χ0n) is 11.2. The van der Waals surface area contributed by atoms with Crippen LogP contribution in [-0.2, 0) is 4.79 Å². The van der Waals surface area contributed by atoms with Gasteiger partial charge in [-0.05, 0) is 44.4 Å². The SMILES string of the molecule is O=C(O)C1CC2CCCCC2N1C(=O)NC1CCC1. The lowest BCUT2D eigenvalue weighted by molar-refractivity contribution is -0.141. The predicted molar refractivity (Wildman–Crippen MR) is 69.8 cm³/mol. The monoisotopic (exact) mass is 266 g/mol. The van der Waals surface area contributed by atoms with Gasteiger partial charge in [0.15, 0.2) is 0 Å². The van der Waals surface area contributed by atoms with Crippen molar-refractivity contribution < 1.29 is 14.7 Å². The highest BCUT2D eigenvalue weighted by atomic mass is 16.4. The first-order chi connectivity index (χ1) is 9.16. The van der Waals surface area contributed by atoms with E-state index in [2.05, 4.69) is 5.32 Å². The second-order valence-electron chi connectivity index (χ2n) is 6.19. The molecule has 3 fully saturated rings. The molecule has 2 N–H and O–H groups in total. The van der Waals surface area contributed by atoms with Crippen molar-refractivity contribution in [1.29, 1.82) is 0 Å². The number of hydrogen-bond donors (Lipinski definition) is 2. The van der Waals surface area contributed by atoms with Gasteiger partial charge in [-0.1, -0.05) is 12.8 Å². The van der Waals surface area contributed by atoms with Crippen LogP contribution < -0.4 is 5.32 Å². The van der Waals surface area contributed by atoms with Gasteiger partial charge < -0.3 is 15.3 Å². The minimum atomic E-state index is -0.849. The molecule has 3 aliphatic rings. The van der Waals surface area contributed by atoms with E-state index < -0.39 is 12.0 Å². The van der Waals surface area contributed by atoms with Crippen molar-refractivity contribution in [3.8, 4) is 0 Å². The van der Waals surface area contributed by atoms with Crippen molar-refractivity contribution in [2.24, 2.45) is 5.92 Å². The maximum absolute atomic E-state index is 12.4. The summed E-state index contributed by atoms with van der Waals surface area (Å²) in [4.78, 5) is 25.4. The quantitative estimate of drug-likeness (QED) is 0.802. The predicted octanol–water partition coefficient (Wildman–Crippen LogP) is 1.97. The molecule has 0 aromatic heterocycles. The topological polar surface area (TPSA) is 69.6 Å². The van der Waals surface area contributed by atoms with Crippen molar-refractivity contribution in [2.75, 3.05) is 0 Å². The summed E-state index contributed by atoms with van der Waals surface area (Å²) in [7, 11) is 0. The molecule has 5 heteroatoms. The van der Waals surface area contributed by atoms with Crippen LogP contribution in [0.4, 0.5) is 4.79 Å². The molecular weight excluding hydrogens is 244 g/mol. The molecule has 2 aliphatic carbocycles. The van der Waals surface area contributed by atoms with Crippen molar-refractivity contribution >= 4 is 12.0 Å². The molecular formula is C14H22N2O3. The maximum Gasteiger partial charge on any atom is 0.326 e. The van der Waals surface area contributed by atoms with E-state index in [1.54, 1.807) is 4.90 Å². The fraction of sp³-hybridized carbons (Fsp3) is 0.857. The van der Waals surface area contributed by atoms with E-state index in [1.807, 2.05) is 0 Å². The van der Waals surface area contributed by atoms with Crippen molar-refractivity contribution in [3.05, 3.63) is 0 Å². The molecule has 2 amide bonds. The summed E-state index contributed by atoms with van der Waals surface area (Å²) in [6.07, 6.45) is 8.19. The number of fused-ring (bicyclic) bond motifs is 1. The lowest BCUT2D eigenvalue weighted by atomic mass is 9.85. The van der Waals surface area contributed by atoms with Crippen molar-refractivity contribution in [3.63, 3.8) is 0 Å². The number of urea groups is 1. The molecule has 1 aliphatic heterocycles. The Morgan fingerprint density at radius 1 is 1.05 bits per heavy atom. The van der Waals surface area contributed by atoms with Crippen LogP contribution in [0.5, 0.6) is 0 Å². The number of carboxylic acid groups (broad SMARTS) is 1. The largest absolute Gasteiger partial charge is 0.480 e. The Balaban J connectivity index is 1.73. The van der Waals surface area contributed by atoms with E-state index in [1.165, 1.54) is 12.8 Å². The van der Waals surface area contributed by atoms with Gasteiger partial charge in [0.2, 0.25) is 0 Å². The number of carbonyl (C=O) groups is 2. The number of carboxylic acids is 1. The standard InChI is InChI=1S/C14H22N2O3/c17-13(18)12-8-9-4-1-2-7-11(9)16(12)14(19)15-10-5-3-6-10/h9-12H,1-8H2,(H,15,19)(H,17,18). The summed E-state index contributed by atoms with van der Waals surface area (Å²) in [6.45, 7) is 0. The molecule has 106 valence electrons. The molecule has 3 atom stereocenters. The van der Waals surface area contributed by atoms with E-state index in [-0.39, 0.29) is 18.1 Å². The molecule has 19 heavy (non-hydrogen) atoms. The molecule has 1 heterocycles. The second-order valence-corrected chi connectivity index (χ2v) is 6.19. The Hall–Kier alpha value is -1.26. The first kappa shape index (κ1) is 12.8. The summed E-state index contributed by atoms with van der Waals surface area (Å²) in [5, 5.41) is 12.4. The maximum atomic E-state index is 12.4. The van der Waals surface area contributed by atoms with E-state index in [0.29, 0.717) is 12.3 Å². The van der Waals surface area contributed by atoms with Gasteiger partial charge in [0.1, 0.15) is 6.04 Å². The van der Waals surface area contributed by atoms with Crippen LogP contribution in [0.1, 0.15) is 51.4 Å². The van der Waals surface area contributed by atoms with Crippen LogP contribution in [0.25, 0.3) is 0 Å². The van der Waals surface area contributed by atoms with Gasteiger partial charge >= 0.3 is 12.0 Å². The molecule has 0 spiro atoms. The van der Waals surface area contributed by atoms with E-state index in [0.717, 1.165) is 32.1 Å². The minimum Gasteiger partial charge on any atom is -0.480 e. The molecule has 0 radical (unpaired) electrons. The Bertz CT molecular complexity index is 381. The Labute approximate surface area is 113 Å². The summed E-state index contributed by atoms with van der Waals surface area (Å²) >= 11 is 0. The smallest absolute Gasteiger partial charge is 0.326 e. The Morgan fingerprint density at radius 2 is 1.79 bits per heavy atom. The highest BCUT2D eigenvalue weighted by Crippen LogP contribution is 2.40. The number of amides is 2. The van der Waals surface area contributed by atoms with Crippen LogP contribution in [-0.4, -0.2) is 40.1 Å². The van der Waals surface area contributed by atoms with E-state index >= 15 is 0 Å². The van der Waals surface area contributed by atoms with Crippen LogP contribution >= 0.6 is 0 Å². The van der Waals surface area contributed by atoms with E-state index in [9.17, 15) is 14.7 Å². The van der Waals surface area contributed by atoms with Gasteiger partial charge in [0.25, 0.3) is 0 Å². The number of hydrogen-bond acceptors (Lipinski definition) is 2. The third kappa shape index (κ3) is 2.30. The minimum absolute atomic E-state index is 0.147. The molecule has 5 nitrogen and oxygen atoms in total. The van der Waals surface area contributed by atoms with E-state index in [4.69, 9.17) is 0 Å². The zero-order chi connectivity index (χ0) is 13.4. The summed E-state index contributed by atoms with van der Waals surface area (Å²) in [5.74, 6) is -0.458. The molecule has 3 rings (SSSR count). The number of nitrogens with zero attached hydrogens (tertiary/aromatic N) is 1. The summed E-state index contributed by atoms with van der Waals surface area (Å²) in [5.41, 5.74) is 0. The van der Waals surface area contributed by atoms with Crippen molar-refractivity contribution in [2.45, 2.75) is 69.5 Å². The van der Waals surface area contributed by atoms with Gasteiger partial charge in [0.05, 0.1) is 0 Å². The van der Waals surface area contributed by atoms with Crippen molar-refractivity contribution in [1.82, 2.24) is 10.2 Å². The number of carbonyl (C=O) groups excluding carboxylic acids is 1. The fourth-order valence-corrected chi connectivity index (χ4v) is 3.77. The van der Waals surface area contributed by atoms with Gasteiger partial charge in [-0.3, -0.25) is 0 Å². The second kappa shape index (κ2) is 5.02. The number of rotatable bonds is 2. The third-order valence-electron chi connectivity index (χ3n) is 5.04.